The first-order chi connectivity index (χ1) is 3.39. The van der Waals surface area contributed by atoms with Crippen LogP contribution in [-0.4, -0.2) is 11.9 Å². The van der Waals surface area contributed by atoms with E-state index < -0.39 is 0 Å². The van der Waals surface area contributed by atoms with Gasteiger partial charge in [0.1, 0.15) is 5.71 Å². The van der Waals surface area contributed by atoms with E-state index >= 15 is 0 Å². The fourth-order valence-corrected chi connectivity index (χ4v) is 0.379. The Labute approximate surface area is 42.3 Å². The van der Waals surface area contributed by atoms with E-state index in [9.17, 15) is 0 Å². The summed E-state index contributed by atoms with van der Waals surface area (Å²) in [6.07, 6.45) is 5.43. The van der Waals surface area contributed by atoms with Crippen LogP contribution < -0.4 is 5.10 Å². The number of hydrogen-bond acceptors (Lipinski definition) is 2. The Bertz CT molecular complexity index is 142. The molecule has 2 nitrogen and oxygen atoms in total. The molecule has 0 bridgehead atoms. The van der Waals surface area contributed by atoms with Crippen LogP contribution in [0.3, 0.4) is 0 Å². The van der Waals surface area contributed by atoms with Gasteiger partial charge in [-0.15, -0.1) is 0 Å². The van der Waals surface area contributed by atoms with Gasteiger partial charge in [0.25, 0.3) is 6.21 Å². The Morgan fingerprint density at radius 3 is 2.86 bits per heavy atom. The third kappa shape index (κ3) is 0.961. The fraction of sp³-hybridized carbons (Fsp3) is 0.200. The average molecular weight is 94.1 g/mol. The summed E-state index contributed by atoms with van der Waals surface area (Å²) in [6.45, 7) is 1.91. The quantitative estimate of drug-likeness (QED) is 0.414. The number of rotatable bonds is 0. The molecule has 0 aromatic heterocycles. The van der Waals surface area contributed by atoms with Gasteiger partial charge in [0.05, 0.1) is 5.10 Å². The molecule has 0 aromatic carbocycles. The highest BCUT2D eigenvalue weighted by atomic mass is 15.2. The summed E-state index contributed by atoms with van der Waals surface area (Å²) in [5.74, 6) is 0. The van der Waals surface area contributed by atoms with Crippen molar-refractivity contribution in [1.82, 2.24) is 5.10 Å². The molecule has 1 radical (unpaired) electrons. The van der Waals surface area contributed by atoms with E-state index in [4.69, 9.17) is 0 Å². The van der Waals surface area contributed by atoms with Gasteiger partial charge in [-0.2, -0.15) is 0 Å². The lowest BCUT2D eigenvalue weighted by Gasteiger charge is -1.76. The number of nitrogens with zero attached hydrogens (tertiary/aromatic N) is 2. The van der Waals surface area contributed by atoms with Crippen molar-refractivity contribution in [3.05, 3.63) is 12.2 Å². The second-order valence-electron chi connectivity index (χ2n) is 1.37. The lowest BCUT2D eigenvalue weighted by Crippen LogP contribution is -1.94. The molecular weight excluding hydrogens is 88.1 g/mol. The second kappa shape index (κ2) is 1.69. The summed E-state index contributed by atoms with van der Waals surface area (Å²) in [5, 5.41) is 7.36. The molecule has 1 aliphatic rings. The van der Waals surface area contributed by atoms with Gasteiger partial charge < -0.3 is 0 Å². The second-order valence-corrected chi connectivity index (χ2v) is 1.37. The van der Waals surface area contributed by atoms with E-state index in [1.165, 1.54) is 0 Å². The van der Waals surface area contributed by atoms with Gasteiger partial charge in [0, 0.05) is 6.08 Å². The van der Waals surface area contributed by atoms with Crippen molar-refractivity contribution in [3.8, 4) is 0 Å². The minimum absolute atomic E-state index is 0.961. The molecule has 0 amide bonds. The van der Waals surface area contributed by atoms with Gasteiger partial charge >= 0.3 is 0 Å². The monoisotopic (exact) mass is 94.1 g/mol. The van der Waals surface area contributed by atoms with Crippen LogP contribution in [0.25, 0.3) is 0 Å². The van der Waals surface area contributed by atoms with Crippen LogP contribution >= 0.6 is 0 Å². The summed E-state index contributed by atoms with van der Waals surface area (Å²) in [6, 6.07) is 0. The minimum Gasteiger partial charge on any atom is -0.0283 e. The fourth-order valence-electron chi connectivity index (χ4n) is 0.379. The van der Waals surface area contributed by atoms with Crippen LogP contribution in [0, 0.1) is 0 Å². The Morgan fingerprint density at radius 1 is 1.71 bits per heavy atom. The largest absolute Gasteiger partial charge is 0.277 e. The van der Waals surface area contributed by atoms with E-state index in [2.05, 4.69) is 10.2 Å². The smallest absolute Gasteiger partial charge is 0.0283 e. The van der Waals surface area contributed by atoms with Crippen LogP contribution in [0.4, 0.5) is 0 Å². The van der Waals surface area contributed by atoms with E-state index in [0.29, 0.717) is 0 Å². The Balaban J connectivity index is 2.82. The first-order valence-electron chi connectivity index (χ1n) is 2.14. The summed E-state index contributed by atoms with van der Waals surface area (Å²) >= 11 is 0. The summed E-state index contributed by atoms with van der Waals surface area (Å²) in [5.41, 5.74) is 0.961. The first-order valence-corrected chi connectivity index (χ1v) is 2.14. The highest BCUT2D eigenvalue weighted by molar-refractivity contribution is 5.97. The van der Waals surface area contributed by atoms with Crippen molar-refractivity contribution >= 4 is 11.9 Å². The SMILES string of the molecule is CC1=N[N+]=CC=C1. The van der Waals surface area contributed by atoms with Crippen molar-refractivity contribution < 1.29 is 0 Å². The normalized spacial score (nSPS) is 17.0. The molecule has 1 aliphatic heterocycles. The third-order valence-electron chi connectivity index (χ3n) is 0.706. The van der Waals surface area contributed by atoms with Crippen molar-refractivity contribution in [1.29, 1.82) is 0 Å². The minimum atomic E-state index is 0.961. The average Bonchev–Trinajstić information content (AvgIpc) is 1.69. The molecule has 35 valence electrons. The van der Waals surface area contributed by atoms with Crippen LogP contribution in [0.5, 0.6) is 0 Å². The summed E-state index contributed by atoms with van der Waals surface area (Å²) in [7, 11) is 0. The molecule has 1 rings (SSSR count). The maximum Gasteiger partial charge on any atom is 0.277 e. The molecule has 0 saturated heterocycles. The predicted molar refractivity (Wildman–Crippen MR) is 30.4 cm³/mol. The summed E-state index contributed by atoms with van der Waals surface area (Å²) < 4.78 is 0. The molecule has 0 N–H and O–H groups in total. The van der Waals surface area contributed by atoms with Crippen LogP contribution in [0.1, 0.15) is 6.92 Å². The van der Waals surface area contributed by atoms with Gasteiger partial charge in [-0.05, 0) is 13.0 Å². The highest BCUT2D eigenvalue weighted by Gasteiger charge is 1.93. The lowest BCUT2D eigenvalue weighted by atomic mass is 10.4. The van der Waals surface area contributed by atoms with Crippen molar-refractivity contribution in [2.75, 3.05) is 0 Å². The van der Waals surface area contributed by atoms with Crippen LogP contribution in [0.15, 0.2) is 17.3 Å². The first kappa shape index (κ1) is 4.24. The Kier molecular flexibility index (Phi) is 1.02. The van der Waals surface area contributed by atoms with Crippen molar-refractivity contribution in [2.24, 2.45) is 5.10 Å². The van der Waals surface area contributed by atoms with Crippen molar-refractivity contribution in [3.63, 3.8) is 0 Å². The molecule has 0 unspecified atom stereocenters. The van der Waals surface area contributed by atoms with Gasteiger partial charge in [-0.3, -0.25) is 0 Å². The van der Waals surface area contributed by atoms with Crippen LogP contribution in [-0.2, 0) is 0 Å². The molecule has 7 heavy (non-hydrogen) atoms. The molecule has 0 fully saturated rings. The third-order valence-corrected chi connectivity index (χ3v) is 0.706. The maximum absolute atomic E-state index is 3.73. The molecule has 1 heterocycles. The predicted octanol–water partition coefficient (Wildman–Crippen LogP) is 0.339. The van der Waals surface area contributed by atoms with Crippen molar-refractivity contribution in [2.45, 2.75) is 6.92 Å². The Hall–Kier alpha value is -0.920. The number of hydrogen-bond donors (Lipinski definition) is 0. The molecule has 0 aromatic rings. The molecule has 0 saturated carbocycles. The van der Waals surface area contributed by atoms with Gasteiger partial charge in [-0.1, -0.05) is 0 Å². The molecule has 0 aliphatic carbocycles. The zero-order chi connectivity index (χ0) is 5.11. The lowest BCUT2D eigenvalue weighted by molar-refractivity contribution is 1.10. The molecule has 0 atom stereocenters. The Morgan fingerprint density at radius 2 is 2.57 bits per heavy atom. The van der Waals surface area contributed by atoms with E-state index in [1.807, 2.05) is 19.1 Å². The highest BCUT2D eigenvalue weighted by Crippen LogP contribution is 1.79. The topological polar surface area (TPSA) is 26.5 Å². The van der Waals surface area contributed by atoms with Crippen LogP contribution in [0.2, 0.25) is 0 Å². The molecule has 0 spiro atoms. The van der Waals surface area contributed by atoms with E-state index in [1.54, 1.807) is 6.21 Å². The van der Waals surface area contributed by atoms with Gasteiger partial charge in [-0.25, -0.2) is 0 Å². The van der Waals surface area contributed by atoms with Gasteiger partial charge in [0.2, 0.25) is 5.10 Å². The maximum atomic E-state index is 3.73. The molecule has 2 heteroatoms. The zero-order valence-electron chi connectivity index (χ0n) is 4.13. The molecular formula is C5H6N2+. The summed E-state index contributed by atoms with van der Waals surface area (Å²) in [4.78, 5) is 0. The van der Waals surface area contributed by atoms with Gasteiger partial charge in [0.15, 0.2) is 0 Å². The zero-order valence-corrected chi connectivity index (χ0v) is 4.13. The van der Waals surface area contributed by atoms with E-state index in [-0.39, 0.29) is 0 Å². The standard InChI is InChI=1S/C5H6N2/c1-5-3-2-4-6-7-5/h2-4H,1H3/q+1. The van der Waals surface area contributed by atoms with E-state index in [0.717, 1.165) is 5.71 Å². The number of allylic oxidation sites excluding steroid dienone is 2.